The van der Waals surface area contributed by atoms with Crippen LogP contribution in [0.25, 0.3) is 0 Å². The minimum Gasteiger partial charge on any atom is -0.870 e. The van der Waals surface area contributed by atoms with Crippen molar-refractivity contribution in [2.45, 2.75) is 184 Å². The van der Waals surface area contributed by atoms with Crippen LogP contribution < -0.4 is 48.8 Å². The fraction of sp³-hybridized carbons (Fsp3) is 0.507. The van der Waals surface area contributed by atoms with Gasteiger partial charge in [0.2, 0.25) is 0 Å². The number of para-hydroxylation sites is 8. The van der Waals surface area contributed by atoms with Crippen molar-refractivity contribution in [2.75, 3.05) is 21.7 Å². The van der Waals surface area contributed by atoms with Crippen LogP contribution in [-0.2, 0) is 39.8 Å². The number of nitrogens with zero attached hydrogens (tertiary/aromatic N) is 4. The number of piperidine rings is 2. The zero-order chi connectivity index (χ0) is 58.5. The monoisotopic (exact) mass is 1230 g/mol. The van der Waals surface area contributed by atoms with Crippen LogP contribution in [0.15, 0.2) is 109 Å². The Morgan fingerprint density at radius 2 is 0.908 bits per heavy atom. The number of hydrogen-bond donors (Lipinski definition) is 0. The Bertz CT molecular complexity index is 3180. The first-order valence-corrected chi connectivity index (χ1v) is 32.5. The summed E-state index contributed by atoms with van der Waals surface area (Å²) in [7, 11) is 0. The predicted octanol–water partition coefficient (Wildman–Crippen LogP) is 11.5. The van der Waals surface area contributed by atoms with Gasteiger partial charge in [0.15, 0.2) is 23.0 Å². The van der Waals surface area contributed by atoms with E-state index in [2.05, 4.69) is 44.7 Å². The van der Waals surface area contributed by atoms with Gasteiger partial charge in [-0.1, -0.05) is 94.0 Å². The van der Waals surface area contributed by atoms with E-state index in [-0.39, 0.29) is 107 Å². The molecule has 0 amide bonds. The van der Waals surface area contributed by atoms with Crippen molar-refractivity contribution in [2.24, 2.45) is 23.7 Å². The van der Waals surface area contributed by atoms with Gasteiger partial charge in [-0.2, -0.15) is 9.59 Å². The molecule has 0 bridgehead atoms. The fourth-order valence-corrected chi connectivity index (χ4v) is 17.6. The summed E-state index contributed by atoms with van der Waals surface area (Å²) in [5.74, 6) is 3.98. The Hall–Kier alpha value is -5.13. The maximum Gasteiger partial charge on any atom is 1.00 e. The first-order valence-electron chi connectivity index (χ1n) is 31.4. The van der Waals surface area contributed by atoms with E-state index in [1.165, 1.54) is 51.4 Å². The molecular weight excluding hydrogens is 1150 g/mol. The van der Waals surface area contributed by atoms with Gasteiger partial charge in [-0.25, -0.2) is 4.79 Å². The fourth-order valence-electron chi connectivity index (χ4n) is 17.6. The number of carbonyl (C=O) groups excluding carboxylic acids is 5. The van der Waals surface area contributed by atoms with E-state index in [0.717, 1.165) is 96.9 Å². The molecule has 1 N–H and O–H groups in total. The molecule has 0 spiro atoms. The van der Waals surface area contributed by atoms with Gasteiger partial charge in [-0.3, -0.25) is 19.4 Å². The van der Waals surface area contributed by atoms with E-state index in [1.807, 2.05) is 97.9 Å². The Morgan fingerprint density at radius 3 is 1.32 bits per heavy atom. The third-order valence-corrected chi connectivity index (χ3v) is 20.6. The molecule has 5 aliphatic carbocycles. The topological polar surface area (TPSA) is 174 Å². The number of alkyl halides is 2. The van der Waals surface area contributed by atoms with Gasteiger partial charge in [0, 0.05) is 59.9 Å². The Morgan fingerprint density at radius 1 is 0.517 bits per heavy atom. The molecule has 5 aromatic carbocycles. The van der Waals surface area contributed by atoms with Gasteiger partial charge in [0.25, 0.3) is 0 Å². The van der Waals surface area contributed by atoms with E-state index in [9.17, 15) is 14.4 Å². The van der Waals surface area contributed by atoms with E-state index >= 15 is 0 Å². The third-order valence-electron chi connectivity index (χ3n) is 20.6. The van der Waals surface area contributed by atoms with Gasteiger partial charge in [-0.15, -0.1) is 23.2 Å². The van der Waals surface area contributed by atoms with Crippen molar-refractivity contribution >= 4 is 81.0 Å². The van der Waals surface area contributed by atoms with E-state index in [4.69, 9.17) is 56.5 Å². The minimum atomic E-state index is -0.368. The molecule has 0 radical (unpaired) electrons. The maximum atomic E-state index is 14.3. The van der Waals surface area contributed by atoms with Crippen molar-refractivity contribution in [3.63, 3.8) is 0 Å². The SMILES string of the molecule is CCOC(=O)c1cc(CC)c(N2c3ccccc3Oc3ccccc32)cc1N1c2ccccc2Oc2ccccc21.ClCCl.O=C1C2CC3C(=O)C4CCCC5OC6CCCCC6N(C3CC2N2C3CCCCC3OC3CCCC1C32)C54.O=C=O.[Na+].[OH-]. The first-order chi connectivity index (χ1) is 41.7. The molecule has 87 heavy (non-hydrogen) atoms. The van der Waals surface area contributed by atoms with Crippen molar-refractivity contribution < 1.29 is 82.7 Å². The van der Waals surface area contributed by atoms with Gasteiger partial charge in [0.05, 0.1) is 76.0 Å². The van der Waals surface area contributed by atoms with E-state index in [0.29, 0.717) is 77.1 Å². The summed E-state index contributed by atoms with van der Waals surface area (Å²) in [5, 5.41) is 0.194. The molecule has 4 saturated heterocycles. The summed E-state index contributed by atoms with van der Waals surface area (Å²) in [6.07, 6.45) is 20.5. The van der Waals surface area contributed by atoms with Crippen molar-refractivity contribution in [1.29, 1.82) is 0 Å². The van der Waals surface area contributed by atoms with Crippen molar-refractivity contribution in [1.82, 2.24) is 9.80 Å². The third kappa shape index (κ3) is 11.4. The summed E-state index contributed by atoms with van der Waals surface area (Å²) in [6, 6.07) is 38.0. The molecular formula is C69H77Cl2N4NaO11. The number of morpholine rings is 2. The van der Waals surface area contributed by atoms with Crippen LogP contribution in [0.3, 0.4) is 0 Å². The molecule has 14 atom stereocenters. The number of halogens is 2. The summed E-state index contributed by atoms with van der Waals surface area (Å²) in [5.41, 5.74) is 6.72. The smallest absolute Gasteiger partial charge is 0.870 e. The number of benzene rings is 5. The zero-order valence-corrected chi connectivity index (χ0v) is 53.5. The number of anilines is 6. The molecule has 11 aliphatic rings. The van der Waals surface area contributed by atoms with Gasteiger partial charge in [0.1, 0.15) is 11.6 Å². The average molecular weight is 1230 g/mol. The van der Waals surface area contributed by atoms with Crippen molar-refractivity contribution in [3.05, 3.63) is 120 Å². The van der Waals surface area contributed by atoms with Crippen molar-refractivity contribution in [3.8, 4) is 23.0 Å². The molecule has 6 aliphatic heterocycles. The number of ketones is 2. The van der Waals surface area contributed by atoms with Crippen LogP contribution in [0.4, 0.5) is 34.1 Å². The molecule has 15 nitrogen and oxygen atoms in total. The summed E-state index contributed by atoms with van der Waals surface area (Å²) in [4.78, 5) is 68.5. The molecule has 18 heteroatoms. The number of rotatable bonds is 5. The molecule has 454 valence electrons. The number of fused-ring (bicyclic) bond motifs is 12. The zero-order valence-electron chi connectivity index (χ0n) is 50.0. The number of aryl methyl sites for hydroxylation is 1. The molecule has 5 aromatic rings. The molecule has 9 fully saturated rings. The van der Waals surface area contributed by atoms with Gasteiger partial charge < -0.3 is 39.0 Å². The Balaban J connectivity index is 0.000000162. The van der Waals surface area contributed by atoms with Crippen LogP contribution >= 0.6 is 23.2 Å². The van der Waals surface area contributed by atoms with Gasteiger partial charge >= 0.3 is 41.7 Å². The molecule has 6 heterocycles. The first kappa shape index (κ1) is 63.4. The number of carbonyl (C=O) groups is 3. The van der Waals surface area contributed by atoms with Gasteiger partial charge in [-0.05, 0) is 144 Å². The number of hydrogen-bond acceptors (Lipinski definition) is 15. The number of ether oxygens (including phenoxy) is 5. The maximum absolute atomic E-state index is 14.3. The average Bonchev–Trinajstić information content (AvgIpc) is 0.753. The molecule has 16 rings (SSSR count). The Kier molecular flexibility index (Phi) is 20.1. The summed E-state index contributed by atoms with van der Waals surface area (Å²) >= 11 is 9.53. The van der Waals surface area contributed by atoms with E-state index < -0.39 is 0 Å². The quantitative estimate of drug-likeness (QED) is 0.0904. The normalized spacial score (nSPS) is 30.8. The second-order valence-electron chi connectivity index (χ2n) is 24.7. The van der Waals surface area contributed by atoms with Crippen LogP contribution in [0, 0.1) is 23.7 Å². The van der Waals surface area contributed by atoms with Crippen LogP contribution in [0.1, 0.15) is 133 Å². The largest absolute Gasteiger partial charge is 1.00 e. The summed E-state index contributed by atoms with van der Waals surface area (Å²) in [6.45, 7) is 4.21. The minimum absolute atomic E-state index is 0. The Labute approximate surface area is 542 Å². The van der Waals surface area contributed by atoms with E-state index in [1.54, 1.807) is 0 Å². The number of esters is 1. The standard InChI is InChI=1S/C35H28N2O4.C32H46N2O4.CH2Cl2.CO2.Na.H2O/c1-3-23-21-24(35(38)39-4-2)30(37-27-15-7-11-19-33(27)41-34-20-12-8-16-28(34)37)22-29(23)36-25-13-5-9-17-31(25)40-32-18-10-6-14-26(32)36;35-31-17-7-5-13-27-29(17)33(21-9-1-3-11-25(21)37-27)23-16-24-20(15-19(23)31)32(36)18-8-6-14-28-30(18)34(24)22-10-2-4-12-26(22)38-28;2*2-1-3;;/h5-22H,3-4H2,1-2H3;17-30H,1-16H2;1H2;;;1H2/q;;;;+1;/p-1. The predicted molar refractivity (Wildman–Crippen MR) is 326 cm³/mol. The summed E-state index contributed by atoms with van der Waals surface area (Å²) < 4.78 is 31.8. The number of Topliss-reactive ketones (excluding diaryl/α,β-unsaturated/α-hetero) is 2. The second kappa shape index (κ2) is 27.5. The van der Waals surface area contributed by atoms with Crippen LogP contribution in [-0.4, -0.2) is 112 Å². The van der Waals surface area contributed by atoms with Crippen LogP contribution in [0.5, 0.6) is 23.0 Å². The second-order valence-corrected chi connectivity index (χ2v) is 25.5. The molecule has 5 saturated carbocycles. The van der Waals surface area contributed by atoms with Crippen LogP contribution in [0.2, 0.25) is 0 Å². The molecule has 0 aromatic heterocycles. The molecule has 14 unspecified atom stereocenters.